The van der Waals surface area contributed by atoms with Gasteiger partial charge in [0, 0.05) is 23.3 Å². The van der Waals surface area contributed by atoms with Crippen LogP contribution in [0.3, 0.4) is 0 Å². The lowest BCUT2D eigenvalue weighted by Crippen LogP contribution is -2.19. The first-order chi connectivity index (χ1) is 28.4. The molecule has 0 saturated heterocycles. The van der Waals surface area contributed by atoms with Gasteiger partial charge in [-0.3, -0.25) is 0 Å². The summed E-state index contributed by atoms with van der Waals surface area (Å²) < 4.78 is 0. The Hall–Kier alpha value is -7.48. The maximum absolute atomic E-state index is 11.4. The van der Waals surface area contributed by atoms with Gasteiger partial charge in [-0.25, -0.2) is 0 Å². The Bertz CT molecular complexity index is 2400. The Morgan fingerprint density at radius 1 is 0.300 bits per heavy atom. The monoisotopic (exact) mass is 822 g/mol. The van der Waals surface area contributed by atoms with Crippen LogP contribution < -0.4 is 0 Å². The average molecular weight is 823 g/mol. The Labute approximate surface area is 343 Å². The summed E-state index contributed by atoms with van der Waals surface area (Å²) in [4.78, 5) is 0. The Balaban J connectivity index is 1.34. The number of aromatic hydroxyl groups is 14. The molecule has 6 rings (SSSR count). The number of rotatable bonds is 15. The molecular formula is C46H46O14. The summed E-state index contributed by atoms with van der Waals surface area (Å²) in [6.07, 6.45) is 1.49. The number of aryl methyl sites for hydroxylation is 3. The van der Waals surface area contributed by atoms with E-state index < -0.39 is 46.3 Å². The van der Waals surface area contributed by atoms with Crippen LogP contribution in [-0.2, 0) is 44.9 Å². The fourth-order valence-electron chi connectivity index (χ4n) is 7.84. The van der Waals surface area contributed by atoms with Crippen LogP contribution in [0.2, 0.25) is 0 Å². The maximum Gasteiger partial charge on any atom is 0.200 e. The molecule has 0 saturated carbocycles. The second-order valence-electron chi connectivity index (χ2n) is 15.1. The van der Waals surface area contributed by atoms with Crippen molar-refractivity contribution in [1.29, 1.82) is 0 Å². The van der Waals surface area contributed by atoms with E-state index in [9.17, 15) is 71.5 Å². The molecular weight excluding hydrogens is 776 g/mol. The summed E-state index contributed by atoms with van der Waals surface area (Å²) in [7, 11) is 0. The van der Waals surface area contributed by atoms with E-state index in [1.807, 2.05) is 0 Å². The quantitative estimate of drug-likeness (QED) is 0.0467. The van der Waals surface area contributed by atoms with Crippen LogP contribution in [0.5, 0.6) is 80.5 Å². The van der Waals surface area contributed by atoms with Crippen molar-refractivity contribution in [1.82, 2.24) is 0 Å². The highest BCUT2D eigenvalue weighted by atomic mass is 16.3. The molecule has 0 aliphatic rings. The Morgan fingerprint density at radius 2 is 0.633 bits per heavy atom. The molecule has 0 spiro atoms. The molecule has 2 atom stereocenters. The maximum atomic E-state index is 11.4. The fourth-order valence-corrected chi connectivity index (χ4v) is 7.84. The van der Waals surface area contributed by atoms with Gasteiger partial charge in [0.1, 0.15) is 46.0 Å². The second kappa shape index (κ2) is 17.6. The first kappa shape index (κ1) is 42.1. The van der Waals surface area contributed by atoms with Gasteiger partial charge in [-0.2, -0.15) is 0 Å². The van der Waals surface area contributed by atoms with Crippen molar-refractivity contribution in [2.45, 2.75) is 57.3 Å². The second-order valence-corrected chi connectivity index (χ2v) is 15.1. The van der Waals surface area contributed by atoms with Crippen molar-refractivity contribution >= 4 is 0 Å². The van der Waals surface area contributed by atoms with Gasteiger partial charge in [0.25, 0.3) is 0 Å². The van der Waals surface area contributed by atoms with Crippen molar-refractivity contribution in [3.8, 4) is 80.5 Å². The predicted molar refractivity (Wildman–Crippen MR) is 219 cm³/mol. The molecule has 0 unspecified atom stereocenters. The van der Waals surface area contributed by atoms with E-state index in [0.717, 1.165) is 0 Å². The van der Waals surface area contributed by atoms with Crippen molar-refractivity contribution in [3.63, 3.8) is 0 Å². The number of hydrogen-bond donors (Lipinski definition) is 14. The molecule has 6 aromatic rings. The summed E-state index contributed by atoms with van der Waals surface area (Å²) in [5.74, 6) is -6.17. The molecule has 6 aromatic carbocycles. The topological polar surface area (TPSA) is 283 Å². The lowest BCUT2D eigenvalue weighted by Gasteiger charge is -2.29. The molecule has 0 amide bonds. The SMILES string of the molecule is Oc1cc(O)cc(C[C@H](CCc2cc(O)c(CCc3cc(O)c(O)c(O)c3)c(O)c2)[C@H](Cc2cc(O)cc(O)c2)c2cc(O)c(CCc3cc(O)c(O)c(O)c3)c(O)c2)c1. The minimum absolute atomic E-state index is 0.0710. The fraction of sp³-hybridized carbons (Fsp3) is 0.217. The normalized spacial score (nSPS) is 12.3. The van der Waals surface area contributed by atoms with Gasteiger partial charge in [0.15, 0.2) is 34.5 Å². The molecule has 0 bridgehead atoms. The summed E-state index contributed by atoms with van der Waals surface area (Å²) in [6, 6.07) is 19.3. The van der Waals surface area contributed by atoms with E-state index in [2.05, 4.69) is 0 Å². The number of hydrogen-bond acceptors (Lipinski definition) is 14. The van der Waals surface area contributed by atoms with Gasteiger partial charge in [-0.1, -0.05) is 0 Å². The van der Waals surface area contributed by atoms with Gasteiger partial charge in [0.2, 0.25) is 0 Å². The molecule has 14 nitrogen and oxygen atoms in total. The molecule has 60 heavy (non-hydrogen) atoms. The highest BCUT2D eigenvalue weighted by Gasteiger charge is 2.28. The van der Waals surface area contributed by atoms with E-state index in [4.69, 9.17) is 0 Å². The minimum atomic E-state index is -0.673. The highest BCUT2D eigenvalue weighted by molar-refractivity contribution is 5.54. The van der Waals surface area contributed by atoms with Crippen LogP contribution in [0.4, 0.5) is 0 Å². The zero-order chi connectivity index (χ0) is 43.4. The Kier molecular flexibility index (Phi) is 12.3. The zero-order valence-corrected chi connectivity index (χ0v) is 32.2. The smallest absolute Gasteiger partial charge is 0.200 e. The van der Waals surface area contributed by atoms with Crippen LogP contribution >= 0.6 is 0 Å². The number of benzene rings is 6. The van der Waals surface area contributed by atoms with Crippen molar-refractivity contribution in [2.75, 3.05) is 0 Å². The highest BCUT2D eigenvalue weighted by Crippen LogP contribution is 2.43. The first-order valence-electron chi connectivity index (χ1n) is 19.0. The van der Waals surface area contributed by atoms with Gasteiger partial charge in [0.05, 0.1) is 0 Å². The minimum Gasteiger partial charge on any atom is -0.508 e. The first-order valence-corrected chi connectivity index (χ1v) is 19.0. The van der Waals surface area contributed by atoms with Crippen LogP contribution in [0.25, 0.3) is 0 Å². The van der Waals surface area contributed by atoms with Crippen LogP contribution in [0, 0.1) is 5.92 Å². The third-order valence-electron chi connectivity index (χ3n) is 10.8. The van der Waals surface area contributed by atoms with E-state index in [0.29, 0.717) is 39.8 Å². The molecule has 14 N–H and O–H groups in total. The molecule has 0 radical (unpaired) electrons. The van der Waals surface area contributed by atoms with E-state index >= 15 is 0 Å². The third-order valence-corrected chi connectivity index (χ3v) is 10.8. The average Bonchev–Trinajstić information content (AvgIpc) is 3.15. The summed E-state index contributed by atoms with van der Waals surface area (Å²) in [5.41, 5.74) is 3.29. The summed E-state index contributed by atoms with van der Waals surface area (Å²) >= 11 is 0. The molecule has 0 heterocycles. The zero-order valence-electron chi connectivity index (χ0n) is 32.2. The lowest BCUT2D eigenvalue weighted by atomic mass is 9.75. The Morgan fingerprint density at radius 3 is 1.03 bits per heavy atom. The van der Waals surface area contributed by atoms with Gasteiger partial charge < -0.3 is 71.5 Å². The van der Waals surface area contributed by atoms with Crippen molar-refractivity contribution < 1.29 is 71.5 Å². The third kappa shape index (κ3) is 9.96. The largest absolute Gasteiger partial charge is 0.508 e. The van der Waals surface area contributed by atoms with Crippen molar-refractivity contribution in [2.24, 2.45) is 5.92 Å². The molecule has 14 heteroatoms. The van der Waals surface area contributed by atoms with Gasteiger partial charge >= 0.3 is 0 Å². The van der Waals surface area contributed by atoms with Crippen molar-refractivity contribution in [3.05, 3.63) is 129 Å². The van der Waals surface area contributed by atoms with E-state index in [1.165, 1.54) is 84.9 Å². The summed E-state index contributed by atoms with van der Waals surface area (Å²) in [6.45, 7) is 0. The number of phenolic OH excluding ortho intramolecular Hbond substituents is 14. The molecule has 0 aromatic heterocycles. The van der Waals surface area contributed by atoms with Gasteiger partial charge in [-0.05, 0) is 169 Å². The van der Waals surface area contributed by atoms with E-state index in [-0.39, 0.29) is 102 Å². The molecule has 0 aliphatic carbocycles. The lowest BCUT2D eigenvalue weighted by molar-refractivity contribution is 0.367. The molecule has 314 valence electrons. The standard InChI is InChI=1S/C46H46O14/c47-30-8-26(9-31(48)21-30)7-28(4-1-23-13-37(51)34(38(52)14-23)5-2-24-15-41(55)45(59)42(56)16-24)36(12-27-10-32(49)22-33(50)11-27)29-19-39(53)35(40(54)20-29)6-3-25-17-43(57)46(60)44(58)18-25/h8-11,13-22,28,36,47-60H,1-7,12H2/t28-,36-/m0/s1. The molecule has 0 aliphatic heterocycles. The van der Waals surface area contributed by atoms with Crippen LogP contribution in [0.15, 0.2) is 84.9 Å². The van der Waals surface area contributed by atoms with Crippen LogP contribution in [-0.4, -0.2) is 71.5 Å². The van der Waals surface area contributed by atoms with Crippen LogP contribution in [0.1, 0.15) is 56.8 Å². The van der Waals surface area contributed by atoms with E-state index in [1.54, 1.807) is 0 Å². The molecule has 0 fully saturated rings. The van der Waals surface area contributed by atoms with Gasteiger partial charge in [-0.15, -0.1) is 0 Å². The predicted octanol–water partition coefficient (Wildman–Crippen LogP) is 6.95. The number of phenols is 14. The summed E-state index contributed by atoms with van der Waals surface area (Å²) in [5, 5.41) is 145.